The van der Waals surface area contributed by atoms with E-state index in [1.165, 1.54) is 0 Å². The number of piperidine rings is 1. The SMILES string of the molecule is Cc1cc(N2CCC(Cn3cc(-c4ccccn4)nn3)CC2)nc(N)n1. The van der Waals surface area contributed by atoms with Crippen molar-refractivity contribution in [2.24, 2.45) is 5.92 Å². The lowest BCUT2D eigenvalue weighted by Crippen LogP contribution is -2.35. The van der Waals surface area contributed by atoms with E-state index in [0.717, 1.165) is 55.4 Å². The lowest BCUT2D eigenvalue weighted by Gasteiger charge is -2.32. The smallest absolute Gasteiger partial charge is 0.222 e. The minimum atomic E-state index is 0.340. The molecular formula is C18H22N8. The average molecular weight is 350 g/mol. The van der Waals surface area contributed by atoms with E-state index in [0.29, 0.717) is 11.9 Å². The van der Waals surface area contributed by atoms with Gasteiger partial charge < -0.3 is 10.6 Å². The van der Waals surface area contributed by atoms with Crippen molar-refractivity contribution in [3.63, 3.8) is 0 Å². The largest absolute Gasteiger partial charge is 0.368 e. The fourth-order valence-corrected chi connectivity index (χ4v) is 3.36. The molecule has 0 spiro atoms. The van der Waals surface area contributed by atoms with E-state index in [1.54, 1.807) is 6.20 Å². The molecule has 0 aromatic carbocycles. The highest BCUT2D eigenvalue weighted by molar-refractivity contribution is 5.51. The number of aromatic nitrogens is 6. The van der Waals surface area contributed by atoms with Gasteiger partial charge in [0.1, 0.15) is 11.5 Å². The molecule has 26 heavy (non-hydrogen) atoms. The Bertz CT molecular complexity index is 848. The molecule has 0 radical (unpaired) electrons. The predicted octanol–water partition coefficient (Wildman–Crippen LogP) is 1.94. The van der Waals surface area contributed by atoms with Gasteiger partial charge in [-0.3, -0.25) is 9.67 Å². The molecule has 134 valence electrons. The second kappa shape index (κ2) is 7.07. The van der Waals surface area contributed by atoms with Crippen molar-refractivity contribution in [3.05, 3.63) is 42.4 Å². The highest BCUT2D eigenvalue weighted by Crippen LogP contribution is 2.24. The minimum Gasteiger partial charge on any atom is -0.368 e. The second-order valence-electron chi connectivity index (χ2n) is 6.70. The van der Waals surface area contributed by atoms with Crippen molar-refractivity contribution < 1.29 is 0 Å². The molecule has 4 heterocycles. The van der Waals surface area contributed by atoms with Crippen molar-refractivity contribution in [1.82, 2.24) is 29.9 Å². The molecule has 8 heteroatoms. The molecule has 0 aliphatic carbocycles. The van der Waals surface area contributed by atoms with Crippen LogP contribution in [0.2, 0.25) is 0 Å². The standard InChI is InChI=1S/C18H22N8/c1-13-10-17(22-18(19)21-13)25-8-5-14(6-9-25)11-26-12-16(23-24-26)15-4-2-3-7-20-15/h2-4,7,10,12,14H,5-6,8-9,11H2,1H3,(H2,19,21,22). The Morgan fingerprint density at radius 1 is 1.15 bits per heavy atom. The molecule has 4 rings (SSSR count). The van der Waals surface area contributed by atoms with Crippen LogP contribution in [0.25, 0.3) is 11.4 Å². The number of nitrogens with two attached hydrogens (primary N) is 1. The molecular weight excluding hydrogens is 328 g/mol. The van der Waals surface area contributed by atoms with Gasteiger partial charge in [0.15, 0.2) is 0 Å². The second-order valence-corrected chi connectivity index (χ2v) is 6.70. The van der Waals surface area contributed by atoms with Gasteiger partial charge in [-0.25, -0.2) is 4.98 Å². The molecule has 1 saturated heterocycles. The third-order valence-corrected chi connectivity index (χ3v) is 4.71. The first kappa shape index (κ1) is 16.4. The monoisotopic (exact) mass is 350 g/mol. The van der Waals surface area contributed by atoms with Crippen LogP contribution in [0.3, 0.4) is 0 Å². The fraction of sp³-hybridized carbons (Fsp3) is 0.389. The van der Waals surface area contributed by atoms with E-state index in [-0.39, 0.29) is 0 Å². The predicted molar refractivity (Wildman–Crippen MR) is 99.4 cm³/mol. The van der Waals surface area contributed by atoms with Gasteiger partial charge in [0.25, 0.3) is 0 Å². The number of nitrogen functional groups attached to an aromatic ring is 1. The zero-order valence-corrected chi connectivity index (χ0v) is 14.8. The number of pyridine rings is 1. The van der Waals surface area contributed by atoms with E-state index < -0.39 is 0 Å². The molecule has 0 bridgehead atoms. The Morgan fingerprint density at radius 3 is 2.73 bits per heavy atom. The molecule has 8 nitrogen and oxygen atoms in total. The highest BCUT2D eigenvalue weighted by Gasteiger charge is 2.21. The summed E-state index contributed by atoms with van der Waals surface area (Å²) in [6.45, 7) is 4.74. The summed E-state index contributed by atoms with van der Waals surface area (Å²) in [6.07, 6.45) is 5.92. The van der Waals surface area contributed by atoms with Crippen molar-refractivity contribution >= 4 is 11.8 Å². The van der Waals surface area contributed by atoms with Crippen LogP contribution in [-0.4, -0.2) is 43.0 Å². The quantitative estimate of drug-likeness (QED) is 0.767. The number of rotatable bonds is 4. The van der Waals surface area contributed by atoms with Crippen LogP contribution in [-0.2, 0) is 6.54 Å². The molecule has 2 N–H and O–H groups in total. The topological polar surface area (TPSA) is 98.6 Å². The maximum Gasteiger partial charge on any atom is 0.222 e. The van der Waals surface area contributed by atoms with Gasteiger partial charge in [-0.15, -0.1) is 5.10 Å². The van der Waals surface area contributed by atoms with Gasteiger partial charge in [-0.05, 0) is 37.8 Å². The van der Waals surface area contributed by atoms with Gasteiger partial charge in [0.05, 0.1) is 11.9 Å². The summed E-state index contributed by atoms with van der Waals surface area (Å²) >= 11 is 0. The third kappa shape index (κ3) is 3.63. The maximum atomic E-state index is 5.77. The first-order valence-electron chi connectivity index (χ1n) is 8.85. The van der Waals surface area contributed by atoms with Crippen LogP contribution in [0.5, 0.6) is 0 Å². The molecule has 1 aliphatic heterocycles. The number of nitrogens with zero attached hydrogens (tertiary/aromatic N) is 7. The Labute approximate surface area is 152 Å². The van der Waals surface area contributed by atoms with Gasteiger partial charge in [0.2, 0.25) is 5.95 Å². The first-order valence-corrected chi connectivity index (χ1v) is 8.85. The first-order chi connectivity index (χ1) is 12.7. The highest BCUT2D eigenvalue weighted by atomic mass is 15.4. The Morgan fingerprint density at radius 2 is 2.00 bits per heavy atom. The van der Waals surface area contributed by atoms with Crippen LogP contribution >= 0.6 is 0 Å². The third-order valence-electron chi connectivity index (χ3n) is 4.71. The molecule has 1 fully saturated rings. The van der Waals surface area contributed by atoms with Crippen LogP contribution in [0.15, 0.2) is 36.7 Å². The summed E-state index contributed by atoms with van der Waals surface area (Å²) in [4.78, 5) is 15.1. The summed E-state index contributed by atoms with van der Waals surface area (Å²) < 4.78 is 1.93. The number of anilines is 2. The molecule has 0 unspecified atom stereocenters. The van der Waals surface area contributed by atoms with Crippen molar-refractivity contribution in [2.75, 3.05) is 23.7 Å². The number of hydrogen-bond acceptors (Lipinski definition) is 7. The summed E-state index contributed by atoms with van der Waals surface area (Å²) in [6, 6.07) is 7.79. The molecule has 0 saturated carbocycles. The Kier molecular flexibility index (Phi) is 4.47. The van der Waals surface area contributed by atoms with E-state index in [1.807, 2.05) is 42.1 Å². The molecule has 3 aromatic heterocycles. The Balaban J connectivity index is 1.36. The van der Waals surface area contributed by atoms with Gasteiger partial charge in [-0.1, -0.05) is 11.3 Å². The summed E-state index contributed by atoms with van der Waals surface area (Å²) in [5.41, 5.74) is 8.34. The van der Waals surface area contributed by atoms with Gasteiger partial charge in [-0.2, -0.15) is 4.98 Å². The Hall–Kier alpha value is -3.03. The number of hydrogen-bond donors (Lipinski definition) is 1. The van der Waals surface area contributed by atoms with E-state index in [2.05, 4.69) is 30.2 Å². The zero-order chi connectivity index (χ0) is 17.9. The molecule has 0 atom stereocenters. The lowest BCUT2D eigenvalue weighted by molar-refractivity contribution is 0.338. The summed E-state index contributed by atoms with van der Waals surface area (Å²) in [5.74, 6) is 1.84. The van der Waals surface area contributed by atoms with E-state index in [4.69, 9.17) is 5.73 Å². The average Bonchev–Trinajstić information content (AvgIpc) is 3.11. The van der Waals surface area contributed by atoms with Crippen molar-refractivity contribution in [1.29, 1.82) is 0 Å². The maximum absolute atomic E-state index is 5.77. The summed E-state index contributed by atoms with van der Waals surface area (Å²) in [5, 5.41) is 8.51. The van der Waals surface area contributed by atoms with E-state index in [9.17, 15) is 0 Å². The molecule has 0 amide bonds. The fourth-order valence-electron chi connectivity index (χ4n) is 3.36. The molecule has 3 aromatic rings. The van der Waals surface area contributed by atoms with Crippen molar-refractivity contribution in [3.8, 4) is 11.4 Å². The minimum absolute atomic E-state index is 0.340. The number of aryl methyl sites for hydroxylation is 1. The van der Waals surface area contributed by atoms with E-state index >= 15 is 0 Å². The normalized spacial score (nSPS) is 15.3. The summed E-state index contributed by atoms with van der Waals surface area (Å²) in [7, 11) is 0. The lowest BCUT2D eigenvalue weighted by atomic mass is 9.97. The van der Waals surface area contributed by atoms with Crippen molar-refractivity contribution in [2.45, 2.75) is 26.3 Å². The van der Waals surface area contributed by atoms with Crippen LogP contribution in [0.4, 0.5) is 11.8 Å². The van der Waals surface area contributed by atoms with Crippen LogP contribution in [0, 0.1) is 12.8 Å². The van der Waals surface area contributed by atoms with Gasteiger partial charge >= 0.3 is 0 Å². The van der Waals surface area contributed by atoms with Gasteiger partial charge in [0, 0.05) is 37.6 Å². The molecule has 1 aliphatic rings. The van der Waals surface area contributed by atoms with Crippen LogP contribution in [0.1, 0.15) is 18.5 Å². The zero-order valence-electron chi connectivity index (χ0n) is 14.8. The van der Waals surface area contributed by atoms with Crippen LogP contribution < -0.4 is 10.6 Å².